The van der Waals surface area contributed by atoms with Crippen LogP contribution in [-0.2, 0) is 4.74 Å². The number of likely N-dealkylation sites (tertiary alicyclic amines) is 1. The number of hydrogen-bond donors (Lipinski definition) is 1. The van der Waals surface area contributed by atoms with E-state index in [1.54, 1.807) is 0 Å². The van der Waals surface area contributed by atoms with Gasteiger partial charge in [-0.2, -0.15) is 0 Å². The fourth-order valence-electron chi connectivity index (χ4n) is 3.24. The summed E-state index contributed by atoms with van der Waals surface area (Å²) < 4.78 is 5.88. The first-order valence-corrected chi connectivity index (χ1v) is 7.37. The maximum absolute atomic E-state index is 5.98. The molecule has 2 fully saturated rings. The van der Waals surface area contributed by atoms with Gasteiger partial charge in [-0.1, -0.05) is 6.92 Å². The summed E-state index contributed by atoms with van der Waals surface area (Å²) in [5, 5.41) is 0. The predicted octanol–water partition coefficient (Wildman–Crippen LogP) is 2.00. The molecule has 3 heteroatoms. The van der Waals surface area contributed by atoms with Gasteiger partial charge in [0.2, 0.25) is 0 Å². The van der Waals surface area contributed by atoms with Crippen molar-refractivity contribution in [2.75, 3.05) is 26.2 Å². The lowest BCUT2D eigenvalue weighted by molar-refractivity contribution is -0.00366. The highest BCUT2D eigenvalue weighted by molar-refractivity contribution is 4.82. The van der Waals surface area contributed by atoms with Crippen molar-refractivity contribution in [3.05, 3.63) is 0 Å². The molecule has 2 aliphatic rings. The van der Waals surface area contributed by atoms with Crippen LogP contribution in [-0.4, -0.2) is 43.3 Å². The van der Waals surface area contributed by atoms with Crippen molar-refractivity contribution >= 4 is 0 Å². The topological polar surface area (TPSA) is 38.5 Å². The zero-order valence-corrected chi connectivity index (χ0v) is 11.2. The Kier molecular flexibility index (Phi) is 5.26. The van der Waals surface area contributed by atoms with Gasteiger partial charge in [-0.05, 0) is 51.0 Å². The normalized spacial score (nSPS) is 35.3. The summed E-state index contributed by atoms with van der Waals surface area (Å²) in [5.41, 5.74) is 5.98. The van der Waals surface area contributed by atoms with E-state index in [1.165, 1.54) is 45.2 Å². The van der Waals surface area contributed by atoms with E-state index in [0.717, 1.165) is 25.5 Å². The van der Waals surface area contributed by atoms with Crippen LogP contribution in [0.5, 0.6) is 0 Å². The Labute approximate surface area is 106 Å². The van der Waals surface area contributed by atoms with Crippen molar-refractivity contribution in [3.8, 4) is 0 Å². The SMILES string of the molecule is CCCOC1CCCN(CC2CCC(N)C2)C1. The van der Waals surface area contributed by atoms with Crippen LogP contribution in [0.15, 0.2) is 0 Å². The third kappa shape index (κ3) is 4.23. The van der Waals surface area contributed by atoms with Crippen LogP contribution in [0, 0.1) is 5.92 Å². The largest absolute Gasteiger partial charge is 0.377 e. The van der Waals surface area contributed by atoms with Crippen molar-refractivity contribution < 1.29 is 4.74 Å². The Morgan fingerprint density at radius 1 is 1.29 bits per heavy atom. The molecule has 1 aliphatic carbocycles. The second-order valence-electron chi connectivity index (χ2n) is 5.83. The maximum atomic E-state index is 5.98. The van der Waals surface area contributed by atoms with Crippen LogP contribution in [0.2, 0.25) is 0 Å². The first kappa shape index (κ1) is 13.3. The Balaban J connectivity index is 1.69. The molecule has 0 amide bonds. The summed E-state index contributed by atoms with van der Waals surface area (Å²) in [5.74, 6) is 0.843. The third-order valence-corrected chi connectivity index (χ3v) is 4.12. The standard InChI is InChI=1S/C14H28N2O/c1-2-8-17-14-4-3-7-16(11-14)10-12-5-6-13(15)9-12/h12-14H,2-11,15H2,1H3. The summed E-state index contributed by atoms with van der Waals surface area (Å²) in [6.07, 6.45) is 7.96. The van der Waals surface area contributed by atoms with Gasteiger partial charge >= 0.3 is 0 Å². The minimum Gasteiger partial charge on any atom is -0.377 e. The summed E-state index contributed by atoms with van der Waals surface area (Å²) in [6, 6.07) is 0.469. The lowest BCUT2D eigenvalue weighted by Gasteiger charge is -2.34. The number of nitrogens with two attached hydrogens (primary N) is 1. The van der Waals surface area contributed by atoms with E-state index in [9.17, 15) is 0 Å². The summed E-state index contributed by atoms with van der Waals surface area (Å²) >= 11 is 0. The summed E-state index contributed by atoms with van der Waals surface area (Å²) in [6.45, 7) is 6.76. The average molecular weight is 240 g/mol. The number of ether oxygens (including phenoxy) is 1. The van der Waals surface area contributed by atoms with Crippen molar-refractivity contribution in [2.24, 2.45) is 11.7 Å². The summed E-state index contributed by atoms with van der Waals surface area (Å²) in [4.78, 5) is 2.60. The smallest absolute Gasteiger partial charge is 0.0702 e. The van der Waals surface area contributed by atoms with Gasteiger partial charge in [0.25, 0.3) is 0 Å². The fourth-order valence-corrected chi connectivity index (χ4v) is 3.24. The Hall–Kier alpha value is -0.120. The molecular formula is C14H28N2O. The Bertz CT molecular complexity index is 222. The average Bonchev–Trinajstić information content (AvgIpc) is 2.73. The van der Waals surface area contributed by atoms with Crippen LogP contribution in [0.25, 0.3) is 0 Å². The highest BCUT2D eigenvalue weighted by Gasteiger charge is 2.26. The van der Waals surface area contributed by atoms with Gasteiger partial charge < -0.3 is 15.4 Å². The molecule has 1 saturated heterocycles. The van der Waals surface area contributed by atoms with Crippen molar-refractivity contribution in [2.45, 2.75) is 57.6 Å². The van der Waals surface area contributed by atoms with E-state index in [4.69, 9.17) is 10.5 Å². The monoisotopic (exact) mass is 240 g/mol. The Morgan fingerprint density at radius 2 is 2.18 bits per heavy atom. The van der Waals surface area contributed by atoms with Crippen LogP contribution in [0.1, 0.15) is 45.4 Å². The van der Waals surface area contributed by atoms with Crippen LogP contribution in [0.3, 0.4) is 0 Å². The van der Waals surface area contributed by atoms with Gasteiger partial charge in [-0.3, -0.25) is 0 Å². The van der Waals surface area contributed by atoms with E-state index in [1.807, 2.05) is 0 Å². The van der Waals surface area contributed by atoms with E-state index in [-0.39, 0.29) is 0 Å². The fraction of sp³-hybridized carbons (Fsp3) is 1.00. The second kappa shape index (κ2) is 6.72. The molecule has 100 valence electrons. The maximum Gasteiger partial charge on any atom is 0.0702 e. The second-order valence-corrected chi connectivity index (χ2v) is 5.83. The number of hydrogen-bond acceptors (Lipinski definition) is 3. The molecule has 0 radical (unpaired) electrons. The lowest BCUT2D eigenvalue weighted by atomic mass is 10.0. The number of nitrogens with zero attached hydrogens (tertiary/aromatic N) is 1. The first-order valence-electron chi connectivity index (χ1n) is 7.37. The zero-order chi connectivity index (χ0) is 12.1. The minimum atomic E-state index is 0.469. The highest BCUT2D eigenvalue weighted by atomic mass is 16.5. The van der Waals surface area contributed by atoms with Gasteiger partial charge in [-0.25, -0.2) is 0 Å². The molecule has 1 aliphatic heterocycles. The molecule has 0 bridgehead atoms. The van der Waals surface area contributed by atoms with E-state index < -0.39 is 0 Å². The molecule has 3 unspecified atom stereocenters. The van der Waals surface area contributed by atoms with Crippen molar-refractivity contribution in [1.82, 2.24) is 4.90 Å². The van der Waals surface area contributed by atoms with Gasteiger partial charge in [0, 0.05) is 25.7 Å². The third-order valence-electron chi connectivity index (χ3n) is 4.12. The van der Waals surface area contributed by atoms with Crippen LogP contribution in [0.4, 0.5) is 0 Å². The first-order chi connectivity index (χ1) is 8.28. The van der Waals surface area contributed by atoms with Gasteiger partial charge in [-0.15, -0.1) is 0 Å². The minimum absolute atomic E-state index is 0.469. The summed E-state index contributed by atoms with van der Waals surface area (Å²) in [7, 11) is 0. The quantitative estimate of drug-likeness (QED) is 0.799. The zero-order valence-electron chi connectivity index (χ0n) is 11.2. The Morgan fingerprint density at radius 3 is 2.88 bits per heavy atom. The molecule has 0 aromatic rings. The molecule has 1 saturated carbocycles. The molecule has 3 nitrogen and oxygen atoms in total. The molecule has 17 heavy (non-hydrogen) atoms. The van der Waals surface area contributed by atoms with E-state index in [2.05, 4.69) is 11.8 Å². The van der Waals surface area contributed by atoms with Gasteiger partial charge in [0.05, 0.1) is 6.10 Å². The van der Waals surface area contributed by atoms with Crippen LogP contribution >= 0.6 is 0 Å². The molecule has 2 N–H and O–H groups in total. The highest BCUT2D eigenvalue weighted by Crippen LogP contribution is 2.26. The van der Waals surface area contributed by atoms with E-state index >= 15 is 0 Å². The van der Waals surface area contributed by atoms with Crippen molar-refractivity contribution in [3.63, 3.8) is 0 Å². The lowest BCUT2D eigenvalue weighted by Crippen LogP contribution is -2.42. The molecule has 0 aromatic heterocycles. The molecular weight excluding hydrogens is 212 g/mol. The van der Waals surface area contributed by atoms with Crippen LogP contribution < -0.4 is 5.73 Å². The van der Waals surface area contributed by atoms with Gasteiger partial charge in [0.15, 0.2) is 0 Å². The molecule has 3 atom stereocenters. The van der Waals surface area contributed by atoms with Crippen molar-refractivity contribution in [1.29, 1.82) is 0 Å². The molecule has 0 spiro atoms. The van der Waals surface area contributed by atoms with Gasteiger partial charge in [0.1, 0.15) is 0 Å². The molecule has 2 rings (SSSR count). The number of piperidine rings is 1. The predicted molar refractivity (Wildman–Crippen MR) is 71.0 cm³/mol. The molecule has 0 aromatic carbocycles. The number of rotatable bonds is 5. The molecule has 1 heterocycles. The van der Waals surface area contributed by atoms with E-state index in [0.29, 0.717) is 12.1 Å².